The normalized spacial score (nSPS) is 27.3. The summed E-state index contributed by atoms with van der Waals surface area (Å²) in [7, 11) is 0. The molecule has 0 unspecified atom stereocenters. The molecule has 6 heteroatoms. The number of carbonyl (C=O) groups is 3. The summed E-state index contributed by atoms with van der Waals surface area (Å²) in [6.45, 7) is 4.59. The molecule has 0 amide bonds. The van der Waals surface area contributed by atoms with E-state index in [2.05, 4.69) is 6.58 Å². The molecule has 2 rings (SSSR count). The molecule has 0 radical (unpaired) electrons. The average molecular weight is 306 g/mol. The van der Waals surface area contributed by atoms with Crippen LogP contribution in [0.4, 0.5) is 0 Å². The SMILES string of the molecule is C=C1CCC2=C(CO)C(=O)O[C@H]2/C=C/[C@H](OC(C)=O)CC1=O. The highest BCUT2D eigenvalue weighted by molar-refractivity contribution is 5.96. The van der Waals surface area contributed by atoms with Crippen LogP contribution in [0.15, 0.2) is 35.5 Å². The second-order valence-corrected chi connectivity index (χ2v) is 5.25. The minimum absolute atomic E-state index is 0.0154. The number of hydrogen-bond acceptors (Lipinski definition) is 6. The maximum atomic E-state index is 12.0. The summed E-state index contributed by atoms with van der Waals surface area (Å²) >= 11 is 0. The maximum Gasteiger partial charge on any atom is 0.337 e. The summed E-state index contributed by atoms with van der Waals surface area (Å²) in [4.78, 5) is 34.9. The van der Waals surface area contributed by atoms with E-state index in [1.165, 1.54) is 13.0 Å². The highest BCUT2D eigenvalue weighted by atomic mass is 16.6. The van der Waals surface area contributed by atoms with Gasteiger partial charge in [0.15, 0.2) is 5.78 Å². The van der Waals surface area contributed by atoms with E-state index >= 15 is 0 Å². The van der Waals surface area contributed by atoms with Crippen molar-refractivity contribution >= 4 is 17.7 Å². The van der Waals surface area contributed by atoms with Crippen LogP contribution < -0.4 is 0 Å². The van der Waals surface area contributed by atoms with Gasteiger partial charge in [0.05, 0.1) is 18.6 Å². The first-order chi connectivity index (χ1) is 10.4. The lowest BCUT2D eigenvalue weighted by molar-refractivity contribution is -0.145. The molecule has 22 heavy (non-hydrogen) atoms. The Hall–Kier alpha value is -2.21. The lowest BCUT2D eigenvalue weighted by atomic mass is 9.93. The van der Waals surface area contributed by atoms with E-state index in [4.69, 9.17) is 9.47 Å². The molecule has 0 fully saturated rings. The lowest BCUT2D eigenvalue weighted by Gasteiger charge is -2.17. The fraction of sp³-hybridized carbons (Fsp3) is 0.438. The number of Topliss-reactive ketones (excluding diaryl/α,β-unsaturated/α-hetero) is 1. The monoisotopic (exact) mass is 306 g/mol. The lowest BCUT2D eigenvalue weighted by Crippen LogP contribution is -2.21. The summed E-state index contributed by atoms with van der Waals surface area (Å²) in [5.74, 6) is -1.25. The van der Waals surface area contributed by atoms with Gasteiger partial charge in [-0.2, -0.15) is 0 Å². The maximum absolute atomic E-state index is 12.0. The van der Waals surface area contributed by atoms with Gasteiger partial charge >= 0.3 is 11.9 Å². The second kappa shape index (κ2) is 6.70. The Kier molecular flexibility index (Phi) is 4.92. The number of ether oxygens (including phenoxy) is 2. The van der Waals surface area contributed by atoms with Gasteiger partial charge in [0.1, 0.15) is 12.2 Å². The van der Waals surface area contributed by atoms with Gasteiger partial charge in [0, 0.05) is 6.92 Å². The van der Waals surface area contributed by atoms with Crippen molar-refractivity contribution in [3.05, 3.63) is 35.5 Å². The number of fused-ring (bicyclic) bond motifs is 1. The fourth-order valence-corrected chi connectivity index (χ4v) is 2.51. The smallest absolute Gasteiger partial charge is 0.337 e. The Bertz CT molecular complexity index is 583. The molecule has 118 valence electrons. The topological polar surface area (TPSA) is 89.9 Å². The molecule has 1 aliphatic heterocycles. The van der Waals surface area contributed by atoms with Gasteiger partial charge in [-0.3, -0.25) is 9.59 Å². The van der Waals surface area contributed by atoms with E-state index in [0.29, 0.717) is 24.0 Å². The van der Waals surface area contributed by atoms with Crippen molar-refractivity contribution in [1.29, 1.82) is 0 Å². The van der Waals surface area contributed by atoms with Crippen molar-refractivity contribution < 1.29 is 29.0 Å². The third kappa shape index (κ3) is 3.51. The van der Waals surface area contributed by atoms with Gasteiger partial charge in [0.2, 0.25) is 0 Å². The molecule has 0 bridgehead atoms. The number of ketones is 1. The Balaban J connectivity index is 2.33. The molecule has 6 nitrogen and oxygen atoms in total. The van der Waals surface area contributed by atoms with Crippen LogP contribution >= 0.6 is 0 Å². The van der Waals surface area contributed by atoms with Crippen molar-refractivity contribution in [2.45, 2.75) is 38.4 Å². The summed E-state index contributed by atoms with van der Waals surface area (Å²) in [6, 6.07) is 0. The Morgan fingerprint density at radius 3 is 2.77 bits per heavy atom. The van der Waals surface area contributed by atoms with Crippen molar-refractivity contribution in [1.82, 2.24) is 0 Å². The van der Waals surface area contributed by atoms with Gasteiger partial charge in [-0.1, -0.05) is 6.58 Å². The van der Waals surface area contributed by atoms with Crippen LogP contribution in [-0.4, -0.2) is 41.6 Å². The van der Waals surface area contributed by atoms with Crippen LogP contribution in [0.25, 0.3) is 0 Å². The van der Waals surface area contributed by atoms with E-state index < -0.39 is 30.8 Å². The van der Waals surface area contributed by atoms with Gasteiger partial charge in [-0.25, -0.2) is 4.79 Å². The van der Waals surface area contributed by atoms with Crippen molar-refractivity contribution in [2.24, 2.45) is 0 Å². The number of aliphatic hydroxyl groups is 1. The van der Waals surface area contributed by atoms with E-state index in [1.54, 1.807) is 6.08 Å². The quantitative estimate of drug-likeness (QED) is 0.465. The highest BCUT2D eigenvalue weighted by Crippen LogP contribution is 2.30. The van der Waals surface area contributed by atoms with E-state index in [-0.39, 0.29) is 17.8 Å². The van der Waals surface area contributed by atoms with Crippen LogP contribution in [-0.2, 0) is 23.9 Å². The highest BCUT2D eigenvalue weighted by Gasteiger charge is 2.32. The number of allylic oxidation sites excluding steroid dienone is 1. The molecule has 0 saturated heterocycles. The first kappa shape index (κ1) is 16.2. The van der Waals surface area contributed by atoms with Gasteiger partial charge in [-0.15, -0.1) is 0 Å². The zero-order valence-corrected chi connectivity index (χ0v) is 12.3. The van der Waals surface area contributed by atoms with E-state index in [9.17, 15) is 19.5 Å². The standard InChI is InChI=1S/C16H18O6/c1-9-3-5-12-13(8-17)16(20)22-15(12)6-4-11(7-14(9)19)21-10(2)18/h4,6,11,15,17H,1,3,5,7-8H2,2H3/b6-4+/t11-,15-/m0/s1. The average Bonchev–Trinajstić information content (AvgIpc) is 2.75. The molecule has 0 saturated carbocycles. The number of hydrogen-bond donors (Lipinski definition) is 1. The largest absolute Gasteiger partial charge is 0.458 e. The van der Waals surface area contributed by atoms with Crippen molar-refractivity contribution in [3.63, 3.8) is 0 Å². The van der Waals surface area contributed by atoms with Gasteiger partial charge in [0.25, 0.3) is 0 Å². The van der Waals surface area contributed by atoms with Crippen LogP contribution in [0.1, 0.15) is 26.2 Å². The van der Waals surface area contributed by atoms with E-state index in [0.717, 1.165) is 0 Å². The van der Waals surface area contributed by atoms with Crippen molar-refractivity contribution in [3.8, 4) is 0 Å². The first-order valence-electron chi connectivity index (χ1n) is 7.02. The fourth-order valence-electron chi connectivity index (χ4n) is 2.51. The van der Waals surface area contributed by atoms with Crippen molar-refractivity contribution in [2.75, 3.05) is 6.61 Å². The number of rotatable bonds is 2. The van der Waals surface area contributed by atoms with Crippen LogP contribution in [0.3, 0.4) is 0 Å². The molecule has 0 spiro atoms. The Labute approximate surface area is 128 Å². The third-order valence-corrected chi connectivity index (χ3v) is 3.66. The Morgan fingerprint density at radius 2 is 2.14 bits per heavy atom. The second-order valence-electron chi connectivity index (χ2n) is 5.25. The zero-order valence-electron chi connectivity index (χ0n) is 12.3. The summed E-state index contributed by atoms with van der Waals surface area (Å²) in [5, 5.41) is 9.31. The molecule has 0 aromatic carbocycles. The molecular weight excluding hydrogens is 288 g/mol. The molecule has 1 heterocycles. The molecular formula is C16H18O6. The summed E-state index contributed by atoms with van der Waals surface area (Å²) in [5.41, 5.74) is 1.26. The van der Waals surface area contributed by atoms with E-state index in [1.807, 2.05) is 0 Å². The minimum atomic E-state index is -0.724. The number of carbonyl (C=O) groups excluding carboxylic acids is 3. The van der Waals surface area contributed by atoms with Crippen LogP contribution in [0.5, 0.6) is 0 Å². The Morgan fingerprint density at radius 1 is 1.41 bits per heavy atom. The van der Waals surface area contributed by atoms with Crippen LogP contribution in [0, 0.1) is 0 Å². The first-order valence-corrected chi connectivity index (χ1v) is 7.02. The molecule has 2 aliphatic rings. The van der Waals surface area contributed by atoms with Crippen LogP contribution in [0.2, 0.25) is 0 Å². The summed E-state index contributed by atoms with van der Waals surface area (Å²) in [6.07, 6.45) is 2.60. The van der Waals surface area contributed by atoms with Gasteiger partial charge in [-0.05, 0) is 36.1 Å². The molecule has 1 aliphatic carbocycles. The molecule has 0 aromatic rings. The summed E-state index contributed by atoms with van der Waals surface area (Å²) < 4.78 is 10.3. The molecule has 0 aromatic heterocycles. The molecule has 1 N–H and O–H groups in total. The third-order valence-electron chi connectivity index (χ3n) is 3.66. The minimum Gasteiger partial charge on any atom is -0.458 e. The van der Waals surface area contributed by atoms with Gasteiger partial charge < -0.3 is 14.6 Å². The molecule has 2 atom stereocenters. The number of aliphatic hydroxyl groups excluding tert-OH is 1. The zero-order chi connectivity index (χ0) is 16.3. The number of esters is 2. The predicted octanol–water partition coefficient (Wildman–Crippen LogP) is 0.998. The predicted molar refractivity (Wildman–Crippen MR) is 76.7 cm³/mol.